The van der Waals surface area contributed by atoms with E-state index in [0.29, 0.717) is 10.7 Å². The molecule has 1 amide bonds. The maximum Gasteiger partial charge on any atom is 0.243 e. The van der Waals surface area contributed by atoms with Crippen molar-refractivity contribution in [1.82, 2.24) is 5.32 Å². The van der Waals surface area contributed by atoms with Gasteiger partial charge in [-0.2, -0.15) is 0 Å². The van der Waals surface area contributed by atoms with Crippen LogP contribution in [-0.4, -0.2) is 26.6 Å². The largest absolute Gasteiger partial charge is 0.350 e. The molecular weight excluding hydrogens is 360 g/mol. The number of nitrogens with zero attached hydrogens (tertiary/aromatic N) is 1. The maximum absolute atomic E-state index is 12.5. The Morgan fingerprint density at radius 3 is 2.32 bits per heavy atom. The minimum absolute atomic E-state index is 0.231. The van der Waals surface area contributed by atoms with Crippen LogP contribution in [0.5, 0.6) is 0 Å². The van der Waals surface area contributed by atoms with Crippen LogP contribution in [-0.2, 0) is 21.4 Å². The van der Waals surface area contributed by atoms with Gasteiger partial charge < -0.3 is 5.32 Å². The van der Waals surface area contributed by atoms with Gasteiger partial charge in [0.05, 0.1) is 11.9 Å². The van der Waals surface area contributed by atoms with Gasteiger partial charge >= 0.3 is 0 Å². The molecule has 0 bridgehead atoms. The lowest BCUT2D eigenvalue weighted by Gasteiger charge is -2.28. The van der Waals surface area contributed by atoms with Gasteiger partial charge in [0, 0.05) is 11.6 Å². The standard InChI is InChI=1S/C18H21ClN2O3S/c1-13-8-10-16(11-9-13)21(25(3,23)24)14(2)18(22)20-12-15-6-4-5-7-17(15)19/h4-11,14H,12H2,1-3H3,(H,20,22)/t14-/m0/s1. The lowest BCUT2D eigenvalue weighted by molar-refractivity contribution is -0.122. The van der Waals surface area contributed by atoms with Crippen LogP contribution in [0.4, 0.5) is 5.69 Å². The van der Waals surface area contributed by atoms with E-state index in [-0.39, 0.29) is 6.54 Å². The first-order chi connectivity index (χ1) is 11.7. The first kappa shape index (κ1) is 19.3. The minimum Gasteiger partial charge on any atom is -0.350 e. The SMILES string of the molecule is Cc1ccc(N([C@@H](C)C(=O)NCc2ccccc2Cl)S(C)(=O)=O)cc1. The zero-order valence-corrected chi connectivity index (χ0v) is 15.9. The van der Waals surface area contributed by atoms with Crippen LogP contribution in [0.25, 0.3) is 0 Å². The molecule has 0 aliphatic carbocycles. The summed E-state index contributed by atoms with van der Waals surface area (Å²) in [5.41, 5.74) is 2.23. The monoisotopic (exact) mass is 380 g/mol. The van der Waals surface area contributed by atoms with Crippen molar-refractivity contribution >= 4 is 33.2 Å². The van der Waals surface area contributed by atoms with E-state index in [4.69, 9.17) is 11.6 Å². The second-order valence-electron chi connectivity index (χ2n) is 5.88. The van der Waals surface area contributed by atoms with E-state index in [2.05, 4.69) is 5.32 Å². The number of aryl methyl sites for hydroxylation is 1. The molecule has 0 saturated heterocycles. The molecule has 1 atom stereocenters. The van der Waals surface area contributed by atoms with Gasteiger partial charge in [-0.3, -0.25) is 9.10 Å². The minimum atomic E-state index is -3.62. The summed E-state index contributed by atoms with van der Waals surface area (Å²) in [4.78, 5) is 12.5. The Bertz CT molecular complexity index is 851. The number of hydrogen-bond donors (Lipinski definition) is 1. The Morgan fingerprint density at radius 1 is 1.16 bits per heavy atom. The fourth-order valence-electron chi connectivity index (χ4n) is 2.47. The van der Waals surface area contributed by atoms with Crippen LogP contribution < -0.4 is 9.62 Å². The van der Waals surface area contributed by atoms with Crippen molar-refractivity contribution in [2.45, 2.75) is 26.4 Å². The number of carbonyl (C=O) groups excluding carboxylic acids is 1. The number of benzene rings is 2. The Kier molecular flexibility index (Phi) is 6.08. The molecule has 2 rings (SSSR count). The Labute approximate surface area is 153 Å². The van der Waals surface area contributed by atoms with Gasteiger partial charge in [-0.05, 0) is 37.6 Å². The predicted molar refractivity (Wildman–Crippen MR) is 101 cm³/mol. The molecule has 7 heteroatoms. The molecule has 5 nitrogen and oxygen atoms in total. The second kappa shape index (κ2) is 7.89. The third-order valence-corrected chi connectivity index (χ3v) is 5.40. The van der Waals surface area contributed by atoms with E-state index < -0.39 is 22.0 Å². The topological polar surface area (TPSA) is 66.5 Å². The predicted octanol–water partition coefficient (Wildman–Crippen LogP) is 3.12. The van der Waals surface area contributed by atoms with Crippen LogP contribution in [0.15, 0.2) is 48.5 Å². The highest BCUT2D eigenvalue weighted by atomic mass is 35.5. The molecule has 0 unspecified atom stereocenters. The van der Waals surface area contributed by atoms with Crippen molar-refractivity contribution in [1.29, 1.82) is 0 Å². The van der Waals surface area contributed by atoms with Gasteiger partial charge in [-0.15, -0.1) is 0 Å². The van der Waals surface area contributed by atoms with Crippen molar-refractivity contribution in [2.24, 2.45) is 0 Å². The lowest BCUT2D eigenvalue weighted by atomic mass is 10.2. The number of amides is 1. The molecule has 0 aliphatic rings. The molecule has 2 aromatic carbocycles. The van der Waals surface area contributed by atoms with E-state index >= 15 is 0 Å². The zero-order chi connectivity index (χ0) is 18.6. The Balaban J connectivity index is 2.18. The molecule has 2 aromatic rings. The number of carbonyl (C=O) groups is 1. The van der Waals surface area contributed by atoms with Crippen LogP contribution in [0.3, 0.4) is 0 Å². The quantitative estimate of drug-likeness (QED) is 0.837. The summed E-state index contributed by atoms with van der Waals surface area (Å²) < 4.78 is 25.6. The molecule has 1 N–H and O–H groups in total. The van der Waals surface area contributed by atoms with E-state index in [1.54, 1.807) is 31.2 Å². The van der Waals surface area contributed by atoms with Gasteiger partial charge in [0.25, 0.3) is 0 Å². The fourth-order valence-corrected chi connectivity index (χ4v) is 3.85. The summed E-state index contributed by atoms with van der Waals surface area (Å²) in [5, 5.41) is 3.29. The van der Waals surface area contributed by atoms with Crippen LogP contribution in [0.1, 0.15) is 18.1 Å². The number of nitrogens with one attached hydrogen (secondary N) is 1. The second-order valence-corrected chi connectivity index (χ2v) is 8.15. The maximum atomic E-state index is 12.5. The summed E-state index contributed by atoms with van der Waals surface area (Å²) >= 11 is 6.08. The average Bonchev–Trinajstić information content (AvgIpc) is 2.54. The highest BCUT2D eigenvalue weighted by Gasteiger charge is 2.28. The summed E-state index contributed by atoms with van der Waals surface area (Å²) in [6.07, 6.45) is 1.09. The first-order valence-electron chi connectivity index (χ1n) is 7.77. The molecule has 134 valence electrons. The fraction of sp³-hybridized carbons (Fsp3) is 0.278. The molecule has 0 fully saturated rings. The van der Waals surface area contributed by atoms with Crippen molar-refractivity contribution in [3.05, 3.63) is 64.7 Å². The van der Waals surface area contributed by atoms with Crippen molar-refractivity contribution in [2.75, 3.05) is 10.6 Å². The number of sulfonamides is 1. The summed E-state index contributed by atoms with van der Waals surface area (Å²) in [6, 6.07) is 13.3. The zero-order valence-electron chi connectivity index (χ0n) is 14.4. The molecule has 25 heavy (non-hydrogen) atoms. The molecule has 0 spiro atoms. The van der Waals surface area contributed by atoms with E-state index in [1.807, 2.05) is 31.2 Å². The number of anilines is 1. The van der Waals surface area contributed by atoms with E-state index in [1.165, 1.54) is 0 Å². The van der Waals surface area contributed by atoms with Crippen LogP contribution in [0, 0.1) is 6.92 Å². The van der Waals surface area contributed by atoms with Gasteiger partial charge in [-0.1, -0.05) is 47.5 Å². The van der Waals surface area contributed by atoms with Gasteiger partial charge in [0.1, 0.15) is 6.04 Å². The number of halogens is 1. The molecule has 0 saturated carbocycles. The summed E-state index contributed by atoms with van der Waals surface area (Å²) in [7, 11) is -3.62. The smallest absolute Gasteiger partial charge is 0.243 e. The first-order valence-corrected chi connectivity index (χ1v) is 10.00. The molecule has 0 heterocycles. The average molecular weight is 381 g/mol. The van der Waals surface area contributed by atoms with E-state index in [9.17, 15) is 13.2 Å². The molecular formula is C18H21ClN2O3S. The highest BCUT2D eigenvalue weighted by Crippen LogP contribution is 2.21. The third kappa shape index (κ3) is 4.96. The summed E-state index contributed by atoms with van der Waals surface area (Å²) in [6.45, 7) is 3.70. The highest BCUT2D eigenvalue weighted by molar-refractivity contribution is 7.92. The summed E-state index contributed by atoms with van der Waals surface area (Å²) in [5.74, 6) is -0.397. The normalized spacial score (nSPS) is 12.5. The Morgan fingerprint density at radius 2 is 1.76 bits per heavy atom. The molecule has 0 aliphatic heterocycles. The van der Waals surface area contributed by atoms with Crippen molar-refractivity contribution in [3.63, 3.8) is 0 Å². The molecule has 0 radical (unpaired) electrons. The third-order valence-electron chi connectivity index (χ3n) is 3.79. The van der Waals surface area contributed by atoms with Crippen molar-refractivity contribution < 1.29 is 13.2 Å². The number of hydrogen-bond acceptors (Lipinski definition) is 3. The molecule has 0 aromatic heterocycles. The van der Waals surface area contributed by atoms with E-state index in [0.717, 1.165) is 21.7 Å². The van der Waals surface area contributed by atoms with Crippen molar-refractivity contribution in [3.8, 4) is 0 Å². The number of rotatable bonds is 6. The van der Waals surface area contributed by atoms with Crippen LogP contribution in [0.2, 0.25) is 5.02 Å². The Hall–Kier alpha value is -2.05. The van der Waals surface area contributed by atoms with Gasteiger partial charge in [-0.25, -0.2) is 8.42 Å². The van der Waals surface area contributed by atoms with Gasteiger partial charge in [0.2, 0.25) is 15.9 Å². The lowest BCUT2D eigenvalue weighted by Crippen LogP contribution is -2.47. The van der Waals surface area contributed by atoms with Gasteiger partial charge in [0.15, 0.2) is 0 Å². The van der Waals surface area contributed by atoms with Crippen LogP contribution >= 0.6 is 11.6 Å².